The van der Waals surface area contributed by atoms with Crippen molar-refractivity contribution < 1.29 is 4.79 Å². The molecule has 1 aromatic carbocycles. The highest BCUT2D eigenvalue weighted by molar-refractivity contribution is 7.20. The monoisotopic (exact) mass is 367 g/mol. The summed E-state index contributed by atoms with van der Waals surface area (Å²) in [6, 6.07) is 10.5. The van der Waals surface area contributed by atoms with Crippen molar-refractivity contribution in [1.82, 2.24) is 15.3 Å². The van der Waals surface area contributed by atoms with Gasteiger partial charge in [0.05, 0.1) is 4.88 Å². The maximum absolute atomic E-state index is 12.6. The third-order valence-electron chi connectivity index (χ3n) is 4.56. The third kappa shape index (κ3) is 4.10. The highest BCUT2D eigenvalue weighted by Gasteiger charge is 2.18. The Hall–Kier alpha value is -2.27. The van der Waals surface area contributed by atoms with Crippen molar-refractivity contribution in [3.63, 3.8) is 0 Å². The van der Waals surface area contributed by atoms with Gasteiger partial charge in [0.2, 0.25) is 0 Å². The molecule has 26 heavy (non-hydrogen) atoms. The summed E-state index contributed by atoms with van der Waals surface area (Å²) in [7, 11) is 0. The lowest BCUT2D eigenvalue weighted by molar-refractivity contribution is 0.0956. The van der Waals surface area contributed by atoms with Crippen LogP contribution in [0.2, 0.25) is 0 Å². The molecular weight excluding hydrogens is 342 g/mol. The van der Waals surface area contributed by atoms with Crippen molar-refractivity contribution in [3.05, 3.63) is 57.9 Å². The van der Waals surface area contributed by atoms with Crippen LogP contribution in [0.25, 0.3) is 10.2 Å². The number of fused-ring (bicyclic) bond motifs is 1. The number of amides is 1. The second-order valence-electron chi connectivity index (χ2n) is 6.51. The summed E-state index contributed by atoms with van der Waals surface area (Å²) in [6.45, 7) is 6.73. The molecule has 2 heterocycles. The zero-order chi connectivity index (χ0) is 18.5. The van der Waals surface area contributed by atoms with Gasteiger partial charge in [-0.15, -0.1) is 11.3 Å². The van der Waals surface area contributed by atoms with Gasteiger partial charge in [-0.3, -0.25) is 4.79 Å². The number of carbonyl (C=O) groups excluding carboxylic acids is 1. The molecule has 0 atom stereocenters. The second kappa shape index (κ2) is 8.41. The van der Waals surface area contributed by atoms with Crippen molar-refractivity contribution in [1.29, 1.82) is 0 Å². The molecule has 5 heteroatoms. The molecule has 0 unspecified atom stereocenters. The summed E-state index contributed by atoms with van der Waals surface area (Å²) >= 11 is 1.47. The maximum atomic E-state index is 12.6. The lowest BCUT2D eigenvalue weighted by Crippen LogP contribution is -2.24. The van der Waals surface area contributed by atoms with Gasteiger partial charge >= 0.3 is 0 Å². The number of aromatic nitrogens is 2. The normalized spacial score (nSPS) is 11.0. The van der Waals surface area contributed by atoms with E-state index >= 15 is 0 Å². The second-order valence-corrected chi connectivity index (χ2v) is 7.51. The number of benzene rings is 1. The molecule has 1 amide bonds. The fourth-order valence-corrected chi connectivity index (χ4v) is 4.32. The Morgan fingerprint density at radius 1 is 1.12 bits per heavy atom. The first-order valence-electron chi connectivity index (χ1n) is 9.19. The fraction of sp³-hybridized carbons (Fsp3) is 0.381. The molecule has 0 saturated heterocycles. The lowest BCUT2D eigenvalue weighted by Gasteiger charge is -2.05. The summed E-state index contributed by atoms with van der Waals surface area (Å²) in [5.74, 6) is 0.840. The summed E-state index contributed by atoms with van der Waals surface area (Å²) in [6.07, 6.45) is 3.90. The summed E-state index contributed by atoms with van der Waals surface area (Å²) < 4.78 is 0. The van der Waals surface area contributed by atoms with E-state index in [4.69, 9.17) is 0 Å². The highest BCUT2D eigenvalue weighted by Crippen LogP contribution is 2.31. The molecule has 0 aliphatic heterocycles. The number of hydrogen-bond acceptors (Lipinski definition) is 4. The van der Waals surface area contributed by atoms with Gasteiger partial charge in [-0.25, -0.2) is 9.97 Å². The molecule has 1 N–H and O–H groups in total. The topological polar surface area (TPSA) is 54.9 Å². The van der Waals surface area contributed by atoms with E-state index in [9.17, 15) is 4.79 Å². The number of aryl methyl sites for hydroxylation is 4. The fourth-order valence-electron chi connectivity index (χ4n) is 3.15. The first-order valence-corrected chi connectivity index (χ1v) is 10.0. The van der Waals surface area contributed by atoms with Crippen LogP contribution >= 0.6 is 11.3 Å². The molecule has 0 aliphatic carbocycles. The minimum Gasteiger partial charge on any atom is -0.351 e. The molecule has 0 radical (unpaired) electrons. The van der Waals surface area contributed by atoms with E-state index in [2.05, 4.69) is 39.6 Å². The number of nitrogens with one attached hydrogen (secondary N) is 1. The largest absolute Gasteiger partial charge is 0.351 e. The predicted octanol–water partition coefficient (Wildman–Crippen LogP) is 4.62. The molecule has 0 aliphatic rings. The first-order chi connectivity index (χ1) is 12.6. The Balaban J connectivity index is 1.59. The van der Waals surface area contributed by atoms with Crippen LogP contribution in [0.3, 0.4) is 0 Å². The van der Waals surface area contributed by atoms with Gasteiger partial charge in [-0.2, -0.15) is 0 Å². The van der Waals surface area contributed by atoms with Crippen LogP contribution in [-0.2, 0) is 12.8 Å². The Kier molecular flexibility index (Phi) is 5.99. The van der Waals surface area contributed by atoms with Gasteiger partial charge in [0, 0.05) is 24.0 Å². The van der Waals surface area contributed by atoms with Crippen molar-refractivity contribution in [2.24, 2.45) is 0 Å². The number of hydrogen-bond donors (Lipinski definition) is 1. The average Bonchev–Trinajstić information content (AvgIpc) is 2.99. The Morgan fingerprint density at radius 2 is 1.88 bits per heavy atom. The minimum absolute atomic E-state index is 0.00246. The van der Waals surface area contributed by atoms with Crippen LogP contribution in [0.5, 0.6) is 0 Å². The van der Waals surface area contributed by atoms with E-state index in [-0.39, 0.29) is 5.91 Å². The molecule has 2 aromatic heterocycles. The van der Waals surface area contributed by atoms with Gasteiger partial charge in [0.15, 0.2) is 0 Å². The molecular formula is C21H25N3OS. The Bertz CT molecular complexity index is 903. The molecule has 3 aromatic rings. The SMILES string of the molecule is CCc1nc(C)c2c(C)c(C(=O)NCCCCc3ccccc3)sc2n1. The van der Waals surface area contributed by atoms with Crippen molar-refractivity contribution in [2.75, 3.05) is 6.54 Å². The molecule has 0 bridgehead atoms. The highest BCUT2D eigenvalue weighted by atomic mass is 32.1. The zero-order valence-corrected chi connectivity index (χ0v) is 16.4. The average molecular weight is 368 g/mol. The van der Waals surface area contributed by atoms with Gasteiger partial charge in [-0.1, -0.05) is 37.3 Å². The lowest BCUT2D eigenvalue weighted by atomic mass is 10.1. The summed E-state index contributed by atoms with van der Waals surface area (Å²) in [5, 5.41) is 4.09. The summed E-state index contributed by atoms with van der Waals surface area (Å²) in [5.41, 5.74) is 3.30. The van der Waals surface area contributed by atoms with Crippen LogP contribution in [0.1, 0.15) is 52.1 Å². The summed E-state index contributed by atoms with van der Waals surface area (Å²) in [4.78, 5) is 23.4. The van der Waals surface area contributed by atoms with Crippen LogP contribution in [0, 0.1) is 13.8 Å². The molecule has 0 saturated carbocycles. The molecule has 0 spiro atoms. The first kappa shape index (κ1) is 18.5. The molecule has 0 fully saturated rings. The Morgan fingerprint density at radius 3 is 2.62 bits per heavy atom. The van der Waals surface area contributed by atoms with Crippen molar-refractivity contribution in [3.8, 4) is 0 Å². The minimum atomic E-state index is 0.00246. The van der Waals surface area contributed by atoms with Crippen LogP contribution in [-0.4, -0.2) is 22.4 Å². The zero-order valence-electron chi connectivity index (χ0n) is 15.6. The van der Waals surface area contributed by atoms with Gasteiger partial charge in [0.25, 0.3) is 5.91 Å². The number of unbranched alkanes of at least 4 members (excludes halogenated alkanes) is 1. The maximum Gasteiger partial charge on any atom is 0.261 e. The third-order valence-corrected chi connectivity index (χ3v) is 5.74. The van der Waals surface area contributed by atoms with Crippen molar-refractivity contribution in [2.45, 2.75) is 46.5 Å². The Labute approximate surface area is 158 Å². The van der Waals surface area contributed by atoms with E-state index in [1.165, 1.54) is 16.9 Å². The quantitative estimate of drug-likeness (QED) is 0.620. The van der Waals surface area contributed by atoms with E-state index in [0.29, 0.717) is 6.54 Å². The standard InChI is InChI=1S/C21H25N3OS/c1-4-17-23-15(3)18-14(2)19(26-21(18)24-17)20(25)22-13-9-8-12-16-10-6-5-7-11-16/h5-7,10-11H,4,8-9,12-13H2,1-3H3,(H,22,25). The number of rotatable bonds is 7. The van der Waals surface area contributed by atoms with Crippen molar-refractivity contribution >= 4 is 27.5 Å². The molecule has 3 rings (SSSR count). The van der Waals surface area contributed by atoms with Crippen LogP contribution in [0.15, 0.2) is 30.3 Å². The predicted molar refractivity (Wildman–Crippen MR) is 108 cm³/mol. The van der Waals surface area contributed by atoms with E-state index in [0.717, 1.165) is 57.9 Å². The van der Waals surface area contributed by atoms with Crippen LogP contribution < -0.4 is 5.32 Å². The molecule has 4 nitrogen and oxygen atoms in total. The van der Waals surface area contributed by atoms with E-state index < -0.39 is 0 Å². The van der Waals surface area contributed by atoms with Gasteiger partial charge in [-0.05, 0) is 44.2 Å². The van der Waals surface area contributed by atoms with Crippen LogP contribution in [0.4, 0.5) is 0 Å². The van der Waals surface area contributed by atoms with Gasteiger partial charge < -0.3 is 5.32 Å². The number of thiophene rings is 1. The smallest absolute Gasteiger partial charge is 0.261 e. The van der Waals surface area contributed by atoms with E-state index in [1.807, 2.05) is 26.8 Å². The van der Waals surface area contributed by atoms with Gasteiger partial charge in [0.1, 0.15) is 10.7 Å². The van der Waals surface area contributed by atoms with E-state index in [1.54, 1.807) is 0 Å². The number of nitrogens with zero attached hydrogens (tertiary/aromatic N) is 2. The molecule has 136 valence electrons. The number of carbonyl (C=O) groups is 1.